The van der Waals surface area contributed by atoms with Gasteiger partial charge in [0.1, 0.15) is 0 Å². The van der Waals surface area contributed by atoms with Crippen LogP contribution in [-0.4, -0.2) is 19.1 Å². The molecule has 0 amide bonds. The monoisotopic (exact) mass is 280 g/mol. The zero-order chi connectivity index (χ0) is 13.3. The Morgan fingerprint density at radius 2 is 1.76 bits per heavy atom. The van der Waals surface area contributed by atoms with Crippen molar-refractivity contribution in [2.45, 2.75) is 40.5 Å². The van der Waals surface area contributed by atoms with Gasteiger partial charge in [-0.3, -0.25) is 4.57 Å². The molecular formula is C12H22ClO3P. The van der Waals surface area contributed by atoms with E-state index < -0.39 is 7.60 Å². The van der Waals surface area contributed by atoms with Crippen molar-refractivity contribution in [2.24, 2.45) is 0 Å². The van der Waals surface area contributed by atoms with Crippen molar-refractivity contribution < 1.29 is 13.6 Å². The molecule has 5 heteroatoms. The highest BCUT2D eigenvalue weighted by Crippen LogP contribution is 2.57. The van der Waals surface area contributed by atoms with Crippen molar-refractivity contribution in [1.82, 2.24) is 0 Å². The molecule has 0 aliphatic rings. The maximum atomic E-state index is 12.6. The van der Waals surface area contributed by atoms with E-state index in [2.05, 4.69) is 5.73 Å². The van der Waals surface area contributed by atoms with Gasteiger partial charge >= 0.3 is 7.60 Å². The second kappa shape index (κ2) is 8.97. The van der Waals surface area contributed by atoms with Gasteiger partial charge in [0, 0.05) is 0 Å². The number of rotatable bonds is 8. The second-order valence-electron chi connectivity index (χ2n) is 3.57. The number of alkyl halides is 1. The summed E-state index contributed by atoms with van der Waals surface area (Å²) < 4.78 is 23.2. The average Bonchev–Trinajstić information content (AvgIpc) is 2.29. The van der Waals surface area contributed by atoms with Crippen molar-refractivity contribution in [3.8, 4) is 0 Å². The zero-order valence-electron chi connectivity index (χ0n) is 11.1. The predicted molar refractivity (Wildman–Crippen MR) is 72.7 cm³/mol. The summed E-state index contributed by atoms with van der Waals surface area (Å²) in [5.41, 5.74) is 3.91. The molecule has 0 aromatic carbocycles. The van der Waals surface area contributed by atoms with Crippen LogP contribution in [0.15, 0.2) is 16.6 Å². The van der Waals surface area contributed by atoms with Crippen LogP contribution in [0, 0.1) is 0 Å². The molecule has 0 aliphatic carbocycles. The van der Waals surface area contributed by atoms with Crippen LogP contribution >= 0.6 is 19.2 Å². The lowest BCUT2D eigenvalue weighted by molar-refractivity contribution is 0.225. The fraction of sp³-hybridized carbons (Fsp3) is 0.750. The number of hydrogen-bond acceptors (Lipinski definition) is 3. The summed E-state index contributed by atoms with van der Waals surface area (Å²) in [4.78, 5) is 0. The predicted octanol–water partition coefficient (Wildman–Crippen LogP) is 4.72. The van der Waals surface area contributed by atoms with Crippen LogP contribution < -0.4 is 0 Å². The molecule has 0 fully saturated rings. The van der Waals surface area contributed by atoms with E-state index in [1.54, 1.807) is 13.8 Å². The minimum atomic E-state index is -3.19. The highest BCUT2D eigenvalue weighted by Gasteiger charge is 2.28. The van der Waals surface area contributed by atoms with E-state index in [9.17, 15) is 4.57 Å². The Morgan fingerprint density at radius 3 is 2.12 bits per heavy atom. The molecule has 0 aromatic heterocycles. The third-order valence-electron chi connectivity index (χ3n) is 1.97. The minimum absolute atomic E-state index is 0.353. The summed E-state index contributed by atoms with van der Waals surface area (Å²) in [6, 6.07) is 0. The molecule has 0 rings (SSSR count). The van der Waals surface area contributed by atoms with Gasteiger partial charge in [0.05, 0.1) is 24.4 Å². The molecule has 0 bridgehead atoms. The molecule has 0 atom stereocenters. The van der Waals surface area contributed by atoms with Crippen molar-refractivity contribution in [3.05, 3.63) is 16.6 Å². The average molecular weight is 281 g/mol. The maximum absolute atomic E-state index is 12.6. The van der Waals surface area contributed by atoms with Gasteiger partial charge in [0.2, 0.25) is 0 Å². The smallest absolute Gasteiger partial charge is 0.305 e. The highest BCUT2D eigenvalue weighted by atomic mass is 35.5. The third kappa shape index (κ3) is 5.90. The summed E-state index contributed by atoms with van der Waals surface area (Å²) in [6.45, 7) is 8.17. The van der Waals surface area contributed by atoms with Crippen molar-refractivity contribution in [2.75, 3.05) is 19.1 Å². The number of hydrogen-bond donors (Lipinski definition) is 0. The third-order valence-corrected chi connectivity index (χ3v) is 4.57. The minimum Gasteiger partial charge on any atom is -0.305 e. The normalized spacial score (nSPS) is 11.1. The summed E-state index contributed by atoms with van der Waals surface area (Å²) in [7, 11) is -3.19. The standard InChI is InChI=1S/C12H22ClO3P/c1-5-8-12(9-11(4)10-13)17(14,15-6-2)16-7-3/h5-8,10H2,1-4H3. The van der Waals surface area contributed by atoms with Gasteiger partial charge in [-0.1, -0.05) is 13.3 Å². The Kier molecular flexibility index (Phi) is 8.94. The van der Waals surface area contributed by atoms with Crippen LogP contribution in [0.25, 0.3) is 0 Å². The Morgan fingerprint density at radius 1 is 1.24 bits per heavy atom. The van der Waals surface area contributed by atoms with E-state index in [4.69, 9.17) is 20.6 Å². The van der Waals surface area contributed by atoms with Crippen LogP contribution in [0.3, 0.4) is 0 Å². The largest absolute Gasteiger partial charge is 0.364 e. The molecule has 0 saturated carbocycles. The van der Waals surface area contributed by atoms with Gasteiger partial charge in [-0.15, -0.1) is 17.3 Å². The van der Waals surface area contributed by atoms with E-state index in [0.717, 1.165) is 12.0 Å². The first-order valence-corrected chi connectivity index (χ1v) is 8.02. The first-order valence-electron chi connectivity index (χ1n) is 5.94. The Balaban J connectivity index is 5.39. The van der Waals surface area contributed by atoms with Gasteiger partial charge in [-0.25, -0.2) is 0 Å². The zero-order valence-corrected chi connectivity index (χ0v) is 12.7. The second-order valence-corrected chi connectivity index (χ2v) is 5.89. The number of allylic oxidation sites excluding steroid dienone is 1. The summed E-state index contributed by atoms with van der Waals surface area (Å²) in [5.74, 6) is 0.367. The molecule has 0 unspecified atom stereocenters. The lowest BCUT2D eigenvalue weighted by atomic mass is 10.3. The highest BCUT2D eigenvalue weighted by molar-refractivity contribution is 7.58. The van der Waals surface area contributed by atoms with E-state index in [0.29, 0.717) is 30.8 Å². The van der Waals surface area contributed by atoms with Gasteiger partial charge in [0.15, 0.2) is 0 Å². The van der Waals surface area contributed by atoms with Crippen molar-refractivity contribution in [1.29, 1.82) is 0 Å². The van der Waals surface area contributed by atoms with E-state index in [1.807, 2.05) is 13.8 Å². The van der Waals surface area contributed by atoms with E-state index >= 15 is 0 Å². The SMILES string of the molecule is CCCC(=C=C(C)CCl)P(=O)(OCC)OCC. The fourth-order valence-corrected chi connectivity index (χ4v) is 3.28. The van der Waals surface area contributed by atoms with Crippen LogP contribution in [0.1, 0.15) is 40.5 Å². The molecule has 17 heavy (non-hydrogen) atoms. The lowest BCUT2D eigenvalue weighted by Crippen LogP contribution is -1.98. The number of halogens is 1. The maximum Gasteiger partial charge on any atom is 0.364 e. The molecule has 3 nitrogen and oxygen atoms in total. The summed E-state index contributed by atoms with van der Waals surface area (Å²) >= 11 is 5.72. The van der Waals surface area contributed by atoms with E-state index in [1.165, 1.54) is 0 Å². The fourth-order valence-electron chi connectivity index (χ4n) is 1.32. The van der Waals surface area contributed by atoms with Gasteiger partial charge in [0.25, 0.3) is 0 Å². The first kappa shape index (κ1) is 17.0. The van der Waals surface area contributed by atoms with Gasteiger partial charge in [-0.2, -0.15) is 0 Å². The molecule has 0 saturated heterocycles. The van der Waals surface area contributed by atoms with Crippen LogP contribution in [-0.2, 0) is 13.6 Å². The lowest BCUT2D eigenvalue weighted by Gasteiger charge is -2.18. The van der Waals surface area contributed by atoms with Gasteiger partial charge < -0.3 is 9.05 Å². The molecule has 0 heterocycles. The molecule has 100 valence electrons. The van der Waals surface area contributed by atoms with Crippen LogP contribution in [0.4, 0.5) is 0 Å². The Bertz CT molecular complexity index is 323. The molecule has 0 spiro atoms. The first-order chi connectivity index (χ1) is 8.03. The quantitative estimate of drug-likeness (QED) is 0.367. The summed E-state index contributed by atoms with van der Waals surface area (Å²) in [5, 5.41) is 0.599. The molecular weight excluding hydrogens is 259 g/mol. The topological polar surface area (TPSA) is 35.5 Å². The molecule has 0 N–H and O–H groups in total. The Labute approximate surface area is 109 Å². The van der Waals surface area contributed by atoms with Crippen LogP contribution in [0.2, 0.25) is 0 Å². The van der Waals surface area contributed by atoms with Crippen molar-refractivity contribution >= 4 is 19.2 Å². The Hall–Kier alpha value is -0.0400. The van der Waals surface area contributed by atoms with E-state index in [-0.39, 0.29) is 0 Å². The van der Waals surface area contributed by atoms with Crippen molar-refractivity contribution in [3.63, 3.8) is 0 Å². The summed E-state index contributed by atoms with van der Waals surface area (Å²) in [6.07, 6.45) is 1.51. The molecule has 0 aromatic rings. The molecule has 0 radical (unpaired) electrons. The van der Waals surface area contributed by atoms with Crippen LogP contribution in [0.5, 0.6) is 0 Å². The molecule has 0 aliphatic heterocycles. The van der Waals surface area contributed by atoms with Gasteiger partial charge in [-0.05, 0) is 32.8 Å².